The van der Waals surface area contributed by atoms with Crippen molar-refractivity contribution in [3.8, 4) is 5.75 Å². The number of unbranched alkanes of at least 4 members (excludes halogenated alkanes) is 1. The van der Waals surface area contributed by atoms with Gasteiger partial charge in [-0.15, -0.1) is 5.10 Å². The van der Waals surface area contributed by atoms with Crippen LogP contribution in [0.4, 0.5) is 22.0 Å². The quantitative estimate of drug-likeness (QED) is 0.00930. The lowest BCUT2D eigenvalue weighted by Gasteiger charge is -2.52. The molecule has 2 aliphatic carbocycles. The molecular formula is C65H97F5N9O11+. The Kier molecular flexibility index (Phi) is 29.1. The second kappa shape index (κ2) is 37.0. The first-order valence-corrected chi connectivity index (χ1v) is 32.7. The maximum Gasteiger partial charge on any atom is 0.313 e. The maximum absolute atomic E-state index is 13.9. The van der Waals surface area contributed by atoms with E-state index in [-0.39, 0.29) is 81.8 Å². The van der Waals surface area contributed by atoms with Gasteiger partial charge in [-0.25, -0.2) is 31.2 Å². The largest absolute Gasteiger partial charge is 0.420 e. The highest BCUT2D eigenvalue weighted by Gasteiger charge is 2.51. The van der Waals surface area contributed by atoms with Gasteiger partial charge in [-0.3, -0.25) is 14.5 Å². The van der Waals surface area contributed by atoms with Gasteiger partial charge in [0.05, 0.1) is 136 Å². The van der Waals surface area contributed by atoms with E-state index in [1.807, 2.05) is 48.1 Å². The van der Waals surface area contributed by atoms with Crippen LogP contribution in [0, 0.1) is 40.1 Å². The number of fused-ring (bicyclic) bond motifs is 2. The number of likely N-dealkylation sites (tertiary alicyclic amines) is 1. The highest BCUT2D eigenvalue weighted by molar-refractivity contribution is 5.84. The monoisotopic (exact) mass is 1270 g/mol. The molecule has 0 radical (unpaired) electrons. The third kappa shape index (κ3) is 22.9. The van der Waals surface area contributed by atoms with E-state index in [1.54, 1.807) is 0 Å². The zero-order valence-electron chi connectivity index (χ0n) is 52.6. The molecule has 2 saturated carbocycles. The zero-order valence-corrected chi connectivity index (χ0v) is 52.6. The number of aryl methyl sites for hydroxylation is 1. The van der Waals surface area contributed by atoms with E-state index in [4.69, 9.17) is 43.6 Å². The van der Waals surface area contributed by atoms with Crippen molar-refractivity contribution in [2.24, 2.45) is 23.0 Å². The number of nitrogens with two attached hydrogens (primary N) is 1. The minimum atomic E-state index is -2.67. The molecule has 1 amide bonds. The number of hydrogen-bond acceptors (Lipinski definition) is 16. The van der Waals surface area contributed by atoms with Crippen molar-refractivity contribution in [1.29, 1.82) is 5.41 Å². The van der Waals surface area contributed by atoms with Crippen LogP contribution in [0.2, 0.25) is 0 Å². The molecule has 2 unspecified atom stereocenters. The molecule has 1 spiro atoms. The van der Waals surface area contributed by atoms with E-state index in [0.29, 0.717) is 128 Å². The summed E-state index contributed by atoms with van der Waals surface area (Å²) in [4.78, 5) is 30.4. The summed E-state index contributed by atoms with van der Waals surface area (Å²) in [6.45, 7) is 12.7. The van der Waals surface area contributed by atoms with E-state index in [0.717, 1.165) is 107 Å². The van der Waals surface area contributed by atoms with Crippen LogP contribution in [0.3, 0.4) is 0 Å². The van der Waals surface area contributed by atoms with E-state index in [9.17, 15) is 37.0 Å². The number of amidine groups is 2. The van der Waals surface area contributed by atoms with E-state index in [1.165, 1.54) is 12.8 Å². The third-order valence-electron chi connectivity index (χ3n) is 18.3. The number of piperidine rings is 2. The van der Waals surface area contributed by atoms with Gasteiger partial charge in [-0.2, -0.15) is 5.41 Å². The van der Waals surface area contributed by atoms with Gasteiger partial charge in [0.15, 0.2) is 17.5 Å². The number of nitrogens with zero attached hydrogens (tertiary/aromatic N) is 6. The molecule has 25 heteroatoms. The van der Waals surface area contributed by atoms with Crippen molar-refractivity contribution in [2.45, 2.75) is 153 Å². The number of carbonyl (C=O) groups excluding carboxylic acids is 2. The van der Waals surface area contributed by atoms with Crippen molar-refractivity contribution in [3.05, 3.63) is 77.4 Å². The number of hydrogen-bond donors (Lipinski definition) is 3. The van der Waals surface area contributed by atoms with Gasteiger partial charge in [0, 0.05) is 68.6 Å². The summed E-state index contributed by atoms with van der Waals surface area (Å²) in [5.41, 5.74) is 9.02. The number of nitrogens with one attached hydrogen (secondary N) is 2. The lowest BCUT2D eigenvalue weighted by atomic mass is 9.57. The molecule has 4 heterocycles. The first-order chi connectivity index (χ1) is 43.6. The van der Waals surface area contributed by atoms with Crippen LogP contribution in [0.5, 0.6) is 5.75 Å². The molecule has 3 aliphatic heterocycles. The highest BCUT2D eigenvalue weighted by Crippen LogP contribution is 2.53. The number of rotatable bonds is 41. The molecule has 2 aromatic carbocycles. The summed E-state index contributed by atoms with van der Waals surface area (Å²) >= 11 is 0. The van der Waals surface area contributed by atoms with E-state index in [2.05, 4.69) is 34.7 Å². The number of carbonyl (C=O) groups is 2. The average molecular weight is 1280 g/mol. The summed E-state index contributed by atoms with van der Waals surface area (Å²) in [7, 11) is 0. The van der Waals surface area contributed by atoms with E-state index < -0.39 is 35.1 Å². The molecule has 5 aliphatic rings. The normalized spacial score (nSPS) is 20.9. The van der Waals surface area contributed by atoms with Crippen LogP contribution < -0.4 is 15.8 Å². The number of amides is 1. The Balaban J connectivity index is 0.568. The van der Waals surface area contributed by atoms with E-state index >= 15 is 0 Å². The molecule has 3 atom stereocenters. The maximum atomic E-state index is 13.9. The summed E-state index contributed by atoms with van der Waals surface area (Å²) in [6.07, 6.45) is 14.2. The van der Waals surface area contributed by atoms with Crippen LogP contribution >= 0.6 is 0 Å². The second-order valence-electron chi connectivity index (χ2n) is 24.7. The lowest BCUT2D eigenvalue weighted by molar-refractivity contribution is -0.473. The molecule has 20 nitrogen and oxygen atoms in total. The molecule has 3 saturated heterocycles. The molecule has 4 N–H and O–H groups in total. The highest BCUT2D eigenvalue weighted by atomic mass is 19.3. The molecule has 90 heavy (non-hydrogen) atoms. The number of esters is 1. The Bertz CT molecular complexity index is 2630. The van der Waals surface area contributed by atoms with Crippen LogP contribution in [-0.2, 0) is 60.4 Å². The minimum Gasteiger partial charge on any atom is -0.420 e. The second-order valence-corrected chi connectivity index (χ2v) is 24.7. The van der Waals surface area contributed by atoms with Gasteiger partial charge in [-0.1, -0.05) is 35.5 Å². The fraction of sp³-hybridized carbons (Fsp3) is 0.723. The Hall–Kier alpha value is -5.09. The molecule has 502 valence electrons. The Morgan fingerprint density at radius 1 is 0.700 bits per heavy atom. The number of alkyl halides is 2. The number of halogens is 5. The zero-order chi connectivity index (χ0) is 63.6. The van der Waals surface area contributed by atoms with Crippen LogP contribution in [-0.4, -0.2) is 209 Å². The van der Waals surface area contributed by atoms with Crippen molar-refractivity contribution in [1.82, 2.24) is 30.1 Å². The van der Waals surface area contributed by atoms with Crippen molar-refractivity contribution >= 4 is 23.5 Å². The van der Waals surface area contributed by atoms with Gasteiger partial charge in [0.1, 0.15) is 5.82 Å². The van der Waals surface area contributed by atoms with Crippen LogP contribution in [0.25, 0.3) is 0 Å². The number of aromatic nitrogens is 3. The van der Waals surface area contributed by atoms with Gasteiger partial charge in [0.2, 0.25) is 23.4 Å². The average Bonchev–Trinajstić information content (AvgIpc) is 0.852. The predicted molar refractivity (Wildman–Crippen MR) is 325 cm³/mol. The van der Waals surface area contributed by atoms with Crippen molar-refractivity contribution < 1.29 is 78.7 Å². The summed E-state index contributed by atoms with van der Waals surface area (Å²) in [6, 6.07) is 11.7. The van der Waals surface area contributed by atoms with Gasteiger partial charge in [0.25, 0.3) is 0 Å². The SMILES string of the molecule is CC(N)=[N+](C(=N)C1CC2(CCN(CCCCc3cn(CCOCCOCCOCCOCCOCCOCCOCCOCCC(=O)Oc4c(F)cc(F)cc4F)nn3)CC2)C1)C1CC2CCC(C1)N2CC[C@H](NC(=O)C1CCC(F)(F)CC1)c1ccccc1. The summed E-state index contributed by atoms with van der Waals surface area (Å²) in [5.74, 6) is -7.08. The van der Waals surface area contributed by atoms with Crippen LogP contribution in [0.1, 0.15) is 127 Å². The molecule has 3 aromatic rings. The molecule has 2 bridgehead atoms. The Morgan fingerprint density at radius 3 is 1.78 bits per heavy atom. The number of ether oxygens (including phenoxy) is 9. The molecule has 1 aromatic heterocycles. The molecule has 5 fully saturated rings. The minimum absolute atomic E-state index is 0.0436. The summed E-state index contributed by atoms with van der Waals surface area (Å²) < 4.78 is 121. The number of benzene rings is 2. The van der Waals surface area contributed by atoms with Gasteiger partial charge >= 0.3 is 5.97 Å². The Morgan fingerprint density at radius 2 is 1.23 bits per heavy atom. The first-order valence-electron chi connectivity index (χ1n) is 32.7. The van der Waals surface area contributed by atoms with Crippen molar-refractivity contribution in [2.75, 3.05) is 132 Å². The van der Waals surface area contributed by atoms with Crippen LogP contribution in [0.15, 0.2) is 48.7 Å². The van der Waals surface area contributed by atoms with Gasteiger partial charge < -0.3 is 58.6 Å². The smallest absolute Gasteiger partial charge is 0.313 e. The lowest BCUT2D eigenvalue weighted by Crippen LogP contribution is -2.55. The Labute approximate surface area is 526 Å². The topological polar surface area (TPSA) is 219 Å². The molecule has 8 rings (SSSR count). The van der Waals surface area contributed by atoms with Gasteiger partial charge in [-0.05, 0) is 121 Å². The first kappa shape index (κ1) is 70.8. The molecular weight excluding hydrogens is 1180 g/mol. The standard InChI is InChI=1S/C65H96F5N9O11/c1-48(71)79(56-43-54-10-11-55(44-56)78(54)21-14-59(49-7-3-2-4-8-49)73-63(81)50-12-16-65(69,70)17-13-50)62(72)51-45-64(46-51)18-22-76(23-19-64)20-6-5-9-53-47-77(75-74-53)24-26-83-28-30-85-32-34-87-36-38-89-40-39-88-37-35-86-33-31-84-29-27-82-25-15-60(80)90-61-57(67)41-52(66)42-58(61)68/h2-4,7-8,41-42,47,50-51,54-56,59,71-72H,5-6,9-40,43-46H2,1H3,(H,73,81)/p+1/t54?,55?,56?,59-/m0/s1. The fourth-order valence-corrected chi connectivity index (χ4v) is 13.4. The fourth-order valence-electron chi connectivity index (χ4n) is 13.4. The third-order valence-corrected chi connectivity index (χ3v) is 18.3. The van der Waals surface area contributed by atoms with Crippen molar-refractivity contribution in [3.63, 3.8) is 0 Å². The predicted octanol–water partition coefficient (Wildman–Crippen LogP) is 8.07. The summed E-state index contributed by atoms with van der Waals surface area (Å²) in [5, 5.41) is 21.5.